The monoisotopic (exact) mass is 386 g/mol. The van der Waals surface area contributed by atoms with Crippen LogP contribution in [0.4, 0.5) is 0 Å². The highest BCUT2D eigenvalue weighted by atomic mass is 16.5. The molecule has 0 saturated heterocycles. The van der Waals surface area contributed by atoms with E-state index in [0.29, 0.717) is 29.4 Å². The first-order chi connectivity index (χ1) is 14.1. The van der Waals surface area contributed by atoms with Crippen molar-refractivity contribution in [1.29, 1.82) is 0 Å². The lowest BCUT2D eigenvalue weighted by Crippen LogP contribution is -1.99. The number of Topliss-reactive ketones (excluding diaryl/α,β-unsaturated/α-hetero) is 1. The standard InChI is InChI=1S/C25H22O4/c1-16-7-4-5-9-19(16)14-23-24(26)21-11-12-22(17(2)25(21)29-23)28-15-18-8-6-10-20(13-18)27-3/h4-14H,15H2,1-3H3/b23-14-. The molecule has 4 heteroatoms. The Labute approximate surface area is 170 Å². The largest absolute Gasteiger partial charge is 0.497 e. The second-order valence-corrected chi connectivity index (χ2v) is 7.00. The van der Waals surface area contributed by atoms with Crippen LogP contribution in [0.3, 0.4) is 0 Å². The van der Waals surface area contributed by atoms with Crippen molar-refractivity contribution < 1.29 is 19.0 Å². The summed E-state index contributed by atoms with van der Waals surface area (Å²) in [7, 11) is 1.64. The number of allylic oxidation sites excluding steroid dienone is 1. The predicted molar refractivity (Wildman–Crippen MR) is 113 cm³/mol. The maximum Gasteiger partial charge on any atom is 0.231 e. The molecular formula is C25H22O4. The van der Waals surface area contributed by atoms with Gasteiger partial charge in [0.1, 0.15) is 23.9 Å². The number of fused-ring (bicyclic) bond motifs is 1. The van der Waals surface area contributed by atoms with Gasteiger partial charge >= 0.3 is 0 Å². The molecule has 0 saturated carbocycles. The lowest BCUT2D eigenvalue weighted by molar-refractivity contribution is 0.101. The van der Waals surface area contributed by atoms with Gasteiger partial charge in [0, 0.05) is 5.56 Å². The van der Waals surface area contributed by atoms with Gasteiger partial charge in [0.05, 0.1) is 12.7 Å². The quantitative estimate of drug-likeness (QED) is 0.543. The zero-order chi connectivity index (χ0) is 20.4. The third-order valence-corrected chi connectivity index (χ3v) is 5.04. The fourth-order valence-corrected chi connectivity index (χ4v) is 3.34. The van der Waals surface area contributed by atoms with Crippen LogP contribution in [0.25, 0.3) is 6.08 Å². The van der Waals surface area contributed by atoms with Crippen molar-refractivity contribution in [3.63, 3.8) is 0 Å². The number of ketones is 1. The lowest BCUT2D eigenvalue weighted by atomic mass is 10.0. The summed E-state index contributed by atoms with van der Waals surface area (Å²) in [4.78, 5) is 12.8. The van der Waals surface area contributed by atoms with E-state index in [1.54, 1.807) is 19.3 Å². The molecule has 1 aliphatic rings. The molecule has 29 heavy (non-hydrogen) atoms. The van der Waals surface area contributed by atoms with Crippen LogP contribution in [0.2, 0.25) is 0 Å². The molecule has 4 nitrogen and oxygen atoms in total. The summed E-state index contributed by atoms with van der Waals surface area (Å²) in [6.45, 7) is 4.31. The molecule has 4 rings (SSSR count). The normalized spacial score (nSPS) is 13.9. The van der Waals surface area contributed by atoms with Crippen molar-refractivity contribution in [2.24, 2.45) is 0 Å². The first-order valence-electron chi connectivity index (χ1n) is 9.46. The highest BCUT2D eigenvalue weighted by Crippen LogP contribution is 2.39. The number of hydrogen-bond donors (Lipinski definition) is 0. The average molecular weight is 386 g/mol. The van der Waals surface area contributed by atoms with Gasteiger partial charge in [0.2, 0.25) is 5.78 Å². The second-order valence-electron chi connectivity index (χ2n) is 7.00. The van der Waals surface area contributed by atoms with Gasteiger partial charge in [0.25, 0.3) is 0 Å². The molecule has 1 heterocycles. The molecule has 0 spiro atoms. The zero-order valence-electron chi connectivity index (χ0n) is 16.7. The average Bonchev–Trinajstić information content (AvgIpc) is 3.06. The molecule has 0 unspecified atom stereocenters. The first-order valence-corrected chi connectivity index (χ1v) is 9.46. The summed E-state index contributed by atoms with van der Waals surface area (Å²) in [5.41, 5.74) is 4.44. The molecule has 0 N–H and O–H groups in total. The molecule has 1 aliphatic heterocycles. The van der Waals surface area contributed by atoms with Crippen LogP contribution in [0, 0.1) is 13.8 Å². The van der Waals surface area contributed by atoms with E-state index in [4.69, 9.17) is 14.2 Å². The summed E-state index contributed by atoms with van der Waals surface area (Å²) < 4.78 is 17.2. The molecule has 0 aliphatic carbocycles. The zero-order valence-corrected chi connectivity index (χ0v) is 16.7. The SMILES string of the molecule is COc1cccc(COc2ccc3c(c2C)O/C(=C\c2ccccc2C)C3=O)c1. The fraction of sp³-hybridized carbons (Fsp3) is 0.160. The van der Waals surface area contributed by atoms with Gasteiger partial charge in [0.15, 0.2) is 5.76 Å². The van der Waals surface area contributed by atoms with E-state index < -0.39 is 0 Å². The topological polar surface area (TPSA) is 44.8 Å². The summed E-state index contributed by atoms with van der Waals surface area (Å²) in [5.74, 6) is 2.28. The number of ether oxygens (including phenoxy) is 3. The molecule has 0 amide bonds. The van der Waals surface area contributed by atoms with Crippen LogP contribution in [-0.4, -0.2) is 12.9 Å². The van der Waals surface area contributed by atoms with Crippen molar-refractivity contribution in [2.45, 2.75) is 20.5 Å². The predicted octanol–water partition coefficient (Wildman–Crippen LogP) is 5.51. The first kappa shape index (κ1) is 18.8. The Hall–Kier alpha value is -3.53. The van der Waals surface area contributed by atoms with Crippen LogP contribution in [0.15, 0.2) is 66.4 Å². The van der Waals surface area contributed by atoms with Crippen LogP contribution >= 0.6 is 0 Å². The van der Waals surface area contributed by atoms with Gasteiger partial charge in [-0.15, -0.1) is 0 Å². The highest BCUT2D eigenvalue weighted by Gasteiger charge is 2.30. The van der Waals surface area contributed by atoms with Crippen LogP contribution < -0.4 is 14.2 Å². The van der Waals surface area contributed by atoms with E-state index in [2.05, 4.69) is 0 Å². The van der Waals surface area contributed by atoms with Gasteiger partial charge in [-0.1, -0.05) is 36.4 Å². The molecular weight excluding hydrogens is 364 g/mol. The Balaban J connectivity index is 1.57. The Morgan fingerprint density at radius 1 is 1.00 bits per heavy atom. The summed E-state index contributed by atoms with van der Waals surface area (Å²) in [6.07, 6.45) is 1.80. The Morgan fingerprint density at radius 3 is 2.62 bits per heavy atom. The van der Waals surface area contributed by atoms with E-state index in [1.807, 2.05) is 68.4 Å². The van der Waals surface area contributed by atoms with Crippen molar-refractivity contribution in [3.8, 4) is 17.2 Å². The summed E-state index contributed by atoms with van der Waals surface area (Å²) in [5, 5.41) is 0. The molecule has 0 aromatic heterocycles. The minimum absolute atomic E-state index is 0.106. The fourth-order valence-electron chi connectivity index (χ4n) is 3.34. The number of carbonyl (C=O) groups excluding carboxylic acids is 1. The van der Waals surface area contributed by atoms with Gasteiger partial charge < -0.3 is 14.2 Å². The van der Waals surface area contributed by atoms with E-state index in [0.717, 1.165) is 28.0 Å². The number of carbonyl (C=O) groups is 1. The smallest absolute Gasteiger partial charge is 0.231 e. The second kappa shape index (κ2) is 7.84. The third kappa shape index (κ3) is 3.74. The van der Waals surface area contributed by atoms with Gasteiger partial charge in [-0.25, -0.2) is 0 Å². The van der Waals surface area contributed by atoms with E-state index in [9.17, 15) is 4.79 Å². The number of rotatable bonds is 5. The van der Waals surface area contributed by atoms with Gasteiger partial charge in [-0.3, -0.25) is 4.79 Å². The minimum atomic E-state index is -0.106. The van der Waals surface area contributed by atoms with Crippen LogP contribution in [0.1, 0.15) is 32.6 Å². The van der Waals surface area contributed by atoms with Crippen LogP contribution in [0.5, 0.6) is 17.2 Å². The van der Waals surface area contributed by atoms with E-state index >= 15 is 0 Å². The molecule has 0 radical (unpaired) electrons. The Kier molecular flexibility index (Phi) is 5.09. The number of benzene rings is 3. The third-order valence-electron chi connectivity index (χ3n) is 5.04. The van der Waals surface area contributed by atoms with Crippen molar-refractivity contribution >= 4 is 11.9 Å². The van der Waals surface area contributed by atoms with Crippen molar-refractivity contribution in [3.05, 3.63) is 94.2 Å². The minimum Gasteiger partial charge on any atom is -0.497 e. The van der Waals surface area contributed by atoms with Crippen molar-refractivity contribution in [1.82, 2.24) is 0 Å². The van der Waals surface area contributed by atoms with Crippen molar-refractivity contribution in [2.75, 3.05) is 7.11 Å². The van der Waals surface area contributed by atoms with E-state index in [-0.39, 0.29) is 5.78 Å². The van der Waals surface area contributed by atoms with Gasteiger partial charge in [-0.2, -0.15) is 0 Å². The summed E-state index contributed by atoms with van der Waals surface area (Å²) >= 11 is 0. The summed E-state index contributed by atoms with van der Waals surface area (Å²) in [6, 6.07) is 19.2. The molecule has 3 aromatic rings. The molecule has 146 valence electrons. The molecule has 0 fully saturated rings. The number of methoxy groups -OCH3 is 1. The number of aryl methyl sites for hydroxylation is 1. The Bertz CT molecular complexity index is 1110. The van der Waals surface area contributed by atoms with Crippen LogP contribution in [-0.2, 0) is 6.61 Å². The Morgan fingerprint density at radius 2 is 1.83 bits per heavy atom. The van der Waals surface area contributed by atoms with E-state index in [1.165, 1.54) is 0 Å². The molecule has 3 aromatic carbocycles. The number of hydrogen-bond acceptors (Lipinski definition) is 4. The lowest BCUT2D eigenvalue weighted by Gasteiger charge is -2.12. The maximum absolute atomic E-state index is 12.8. The molecule has 0 atom stereocenters. The highest BCUT2D eigenvalue weighted by molar-refractivity contribution is 6.15. The maximum atomic E-state index is 12.8. The molecule has 0 bridgehead atoms. The van der Waals surface area contributed by atoms with Gasteiger partial charge in [-0.05, 0) is 60.9 Å².